The minimum absolute atomic E-state index is 0.155. The van der Waals surface area contributed by atoms with Gasteiger partial charge in [0.1, 0.15) is 5.75 Å². The summed E-state index contributed by atoms with van der Waals surface area (Å²) >= 11 is 1.67. The number of hydrogen-bond donors (Lipinski definition) is 1. The summed E-state index contributed by atoms with van der Waals surface area (Å²) in [6.07, 6.45) is 1.46. The standard InChI is InChI=1S/C20H25NO2S/c1-13(2)19-11-8-17(12-14(19)3)23-15(4)20(22)21-16-6-9-18(24-5)10-7-16/h6-13,15H,1-5H3,(H,21,22). The number of carbonyl (C=O) groups excluding carboxylic acids is 1. The molecule has 0 bridgehead atoms. The lowest BCUT2D eigenvalue weighted by molar-refractivity contribution is -0.122. The molecule has 3 nitrogen and oxygen atoms in total. The zero-order chi connectivity index (χ0) is 17.7. The number of nitrogens with one attached hydrogen (secondary N) is 1. The number of aryl methyl sites for hydroxylation is 1. The SMILES string of the molecule is CSc1ccc(NC(=O)C(C)Oc2ccc(C(C)C)c(C)c2)cc1. The normalized spacial score (nSPS) is 12.1. The van der Waals surface area contributed by atoms with Crippen LogP contribution >= 0.6 is 11.8 Å². The maximum absolute atomic E-state index is 12.3. The fourth-order valence-corrected chi connectivity index (χ4v) is 2.95. The van der Waals surface area contributed by atoms with E-state index in [9.17, 15) is 4.79 Å². The Morgan fingerprint density at radius 2 is 1.75 bits per heavy atom. The average Bonchev–Trinajstić information content (AvgIpc) is 2.55. The molecule has 0 spiro atoms. The predicted molar refractivity (Wildman–Crippen MR) is 102 cm³/mol. The molecule has 1 amide bonds. The topological polar surface area (TPSA) is 38.3 Å². The summed E-state index contributed by atoms with van der Waals surface area (Å²) in [7, 11) is 0. The molecule has 2 aromatic carbocycles. The highest BCUT2D eigenvalue weighted by Gasteiger charge is 2.15. The molecule has 1 N–H and O–H groups in total. The Balaban J connectivity index is 1.99. The number of ether oxygens (including phenoxy) is 1. The minimum atomic E-state index is -0.561. The van der Waals surface area contributed by atoms with Crippen LogP contribution in [0.2, 0.25) is 0 Å². The second-order valence-corrected chi connectivity index (χ2v) is 7.03. The Kier molecular flexibility index (Phi) is 6.32. The van der Waals surface area contributed by atoms with E-state index in [1.54, 1.807) is 18.7 Å². The smallest absolute Gasteiger partial charge is 0.265 e. The molecular formula is C20H25NO2S. The molecule has 0 aliphatic rings. The van der Waals surface area contributed by atoms with Crippen molar-refractivity contribution >= 4 is 23.4 Å². The quantitative estimate of drug-likeness (QED) is 0.728. The van der Waals surface area contributed by atoms with Crippen molar-refractivity contribution in [2.45, 2.75) is 44.6 Å². The van der Waals surface area contributed by atoms with Gasteiger partial charge in [-0.1, -0.05) is 19.9 Å². The Labute approximate surface area is 148 Å². The summed E-state index contributed by atoms with van der Waals surface area (Å²) in [5.41, 5.74) is 3.26. The highest BCUT2D eigenvalue weighted by molar-refractivity contribution is 7.98. The van der Waals surface area contributed by atoms with Crippen LogP contribution in [0.15, 0.2) is 47.4 Å². The van der Waals surface area contributed by atoms with Crippen molar-refractivity contribution in [2.24, 2.45) is 0 Å². The van der Waals surface area contributed by atoms with E-state index in [0.717, 1.165) is 16.3 Å². The third-order valence-corrected chi connectivity index (χ3v) is 4.65. The minimum Gasteiger partial charge on any atom is -0.481 e. The molecule has 0 fully saturated rings. The van der Waals surface area contributed by atoms with E-state index < -0.39 is 6.10 Å². The van der Waals surface area contributed by atoms with E-state index in [4.69, 9.17) is 4.74 Å². The molecule has 0 radical (unpaired) electrons. The molecule has 0 heterocycles. The molecule has 1 unspecified atom stereocenters. The van der Waals surface area contributed by atoms with Crippen molar-refractivity contribution in [2.75, 3.05) is 11.6 Å². The highest BCUT2D eigenvalue weighted by atomic mass is 32.2. The monoisotopic (exact) mass is 343 g/mol. The number of anilines is 1. The Bertz CT molecular complexity index is 695. The van der Waals surface area contributed by atoms with Gasteiger partial charge >= 0.3 is 0 Å². The maximum Gasteiger partial charge on any atom is 0.265 e. The van der Waals surface area contributed by atoms with Gasteiger partial charge in [-0.2, -0.15) is 0 Å². The molecule has 4 heteroatoms. The summed E-state index contributed by atoms with van der Waals surface area (Å²) < 4.78 is 5.79. The first kappa shape index (κ1) is 18.4. The molecule has 0 saturated heterocycles. The fourth-order valence-electron chi connectivity index (χ4n) is 2.55. The van der Waals surface area contributed by atoms with Crippen LogP contribution in [0.3, 0.4) is 0 Å². The first-order valence-corrected chi connectivity index (χ1v) is 9.35. The van der Waals surface area contributed by atoms with Crippen LogP contribution in [0, 0.1) is 6.92 Å². The van der Waals surface area contributed by atoms with Gasteiger partial charge in [0, 0.05) is 10.6 Å². The number of rotatable bonds is 6. The van der Waals surface area contributed by atoms with E-state index in [1.807, 2.05) is 42.7 Å². The summed E-state index contributed by atoms with van der Waals surface area (Å²) in [4.78, 5) is 13.5. The summed E-state index contributed by atoms with van der Waals surface area (Å²) in [6, 6.07) is 13.8. The lowest BCUT2D eigenvalue weighted by atomic mass is 9.98. The summed E-state index contributed by atoms with van der Waals surface area (Å²) in [5.74, 6) is 1.04. The lowest BCUT2D eigenvalue weighted by Gasteiger charge is -2.17. The fraction of sp³-hybridized carbons (Fsp3) is 0.350. The van der Waals surface area contributed by atoms with Gasteiger partial charge in [0.15, 0.2) is 6.10 Å². The molecular weight excluding hydrogens is 318 g/mol. The Morgan fingerprint density at radius 3 is 2.29 bits per heavy atom. The summed E-state index contributed by atoms with van der Waals surface area (Å²) in [6.45, 7) is 8.17. The number of amides is 1. The Hall–Kier alpha value is -1.94. The third-order valence-electron chi connectivity index (χ3n) is 3.90. The van der Waals surface area contributed by atoms with Gasteiger partial charge in [-0.05, 0) is 73.5 Å². The molecule has 0 aliphatic carbocycles. The molecule has 128 valence electrons. The van der Waals surface area contributed by atoms with Gasteiger partial charge in [-0.3, -0.25) is 4.79 Å². The van der Waals surface area contributed by atoms with E-state index in [-0.39, 0.29) is 5.91 Å². The van der Waals surface area contributed by atoms with Gasteiger partial charge in [0.25, 0.3) is 5.91 Å². The third kappa shape index (κ3) is 4.78. The number of thioether (sulfide) groups is 1. The highest BCUT2D eigenvalue weighted by Crippen LogP contribution is 2.24. The van der Waals surface area contributed by atoms with Crippen molar-refractivity contribution in [3.05, 3.63) is 53.6 Å². The lowest BCUT2D eigenvalue weighted by Crippen LogP contribution is -2.30. The summed E-state index contributed by atoms with van der Waals surface area (Å²) in [5, 5.41) is 2.88. The van der Waals surface area contributed by atoms with Crippen LogP contribution in [0.1, 0.15) is 37.8 Å². The predicted octanol–water partition coefficient (Wildman–Crippen LogP) is 5.25. The van der Waals surface area contributed by atoms with Crippen LogP contribution in [-0.2, 0) is 4.79 Å². The van der Waals surface area contributed by atoms with Gasteiger partial charge in [0.05, 0.1) is 0 Å². The van der Waals surface area contributed by atoms with Gasteiger partial charge < -0.3 is 10.1 Å². The van der Waals surface area contributed by atoms with Crippen molar-refractivity contribution in [1.82, 2.24) is 0 Å². The maximum atomic E-state index is 12.3. The molecule has 2 aromatic rings. The van der Waals surface area contributed by atoms with Crippen molar-refractivity contribution in [3.63, 3.8) is 0 Å². The first-order chi connectivity index (χ1) is 11.4. The average molecular weight is 343 g/mol. The number of carbonyl (C=O) groups is 1. The van der Waals surface area contributed by atoms with Gasteiger partial charge in [0.2, 0.25) is 0 Å². The molecule has 2 rings (SSSR count). The van der Waals surface area contributed by atoms with Crippen LogP contribution in [0.5, 0.6) is 5.75 Å². The van der Waals surface area contributed by atoms with Crippen LogP contribution < -0.4 is 10.1 Å². The van der Waals surface area contributed by atoms with Crippen molar-refractivity contribution < 1.29 is 9.53 Å². The zero-order valence-corrected chi connectivity index (χ0v) is 15.7. The number of benzene rings is 2. The van der Waals surface area contributed by atoms with E-state index in [0.29, 0.717) is 5.92 Å². The molecule has 0 aromatic heterocycles. The van der Waals surface area contributed by atoms with Crippen LogP contribution in [-0.4, -0.2) is 18.3 Å². The van der Waals surface area contributed by atoms with E-state index in [1.165, 1.54) is 11.1 Å². The van der Waals surface area contributed by atoms with Crippen LogP contribution in [0.25, 0.3) is 0 Å². The van der Waals surface area contributed by atoms with Gasteiger partial charge in [-0.15, -0.1) is 11.8 Å². The number of hydrogen-bond acceptors (Lipinski definition) is 3. The zero-order valence-electron chi connectivity index (χ0n) is 14.9. The van der Waals surface area contributed by atoms with Gasteiger partial charge in [-0.25, -0.2) is 0 Å². The largest absolute Gasteiger partial charge is 0.481 e. The first-order valence-electron chi connectivity index (χ1n) is 8.13. The molecule has 0 saturated carbocycles. The van der Waals surface area contributed by atoms with Crippen molar-refractivity contribution in [1.29, 1.82) is 0 Å². The van der Waals surface area contributed by atoms with Crippen LogP contribution in [0.4, 0.5) is 5.69 Å². The van der Waals surface area contributed by atoms with E-state index >= 15 is 0 Å². The second-order valence-electron chi connectivity index (χ2n) is 6.15. The molecule has 1 atom stereocenters. The second kappa shape index (κ2) is 8.25. The van der Waals surface area contributed by atoms with Crippen molar-refractivity contribution in [3.8, 4) is 5.75 Å². The molecule has 0 aliphatic heterocycles. The molecule has 24 heavy (non-hydrogen) atoms. The van der Waals surface area contributed by atoms with E-state index in [2.05, 4.69) is 32.2 Å². The Morgan fingerprint density at radius 1 is 1.08 bits per heavy atom.